The molecule has 1 aromatic rings. The first-order chi connectivity index (χ1) is 10.2. The lowest BCUT2D eigenvalue weighted by molar-refractivity contribution is -0.129. The van der Waals surface area contributed by atoms with Crippen molar-refractivity contribution < 1.29 is 14.7 Å². The molecule has 0 radical (unpaired) electrons. The summed E-state index contributed by atoms with van der Waals surface area (Å²) in [5.74, 6) is -1.56. The van der Waals surface area contributed by atoms with Crippen LogP contribution < -0.4 is 0 Å². The van der Waals surface area contributed by atoms with Crippen LogP contribution in [0.1, 0.15) is 42.3 Å². The number of rotatable bonds is 3. The van der Waals surface area contributed by atoms with Gasteiger partial charge in [0.1, 0.15) is 5.54 Å². The van der Waals surface area contributed by atoms with Gasteiger partial charge in [-0.2, -0.15) is 10.2 Å². The predicted molar refractivity (Wildman–Crippen MR) is 80.4 cm³/mol. The maximum absolute atomic E-state index is 12.5. The molecular weight excluding hydrogens is 282 g/mol. The van der Waals surface area contributed by atoms with Crippen molar-refractivity contribution in [3.63, 3.8) is 0 Å². The number of nitriles is 1. The Labute approximate surface area is 128 Å². The normalized spacial score (nSPS) is 21.0. The fourth-order valence-corrected chi connectivity index (χ4v) is 2.42. The number of aromatic carboxylic acids is 1. The Bertz CT molecular complexity index is 731. The van der Waals surface area contributed by atoms with E-state index in [1.54, 1.807) is 26.0 Å². The molecule has 0 spiro atoms. The van der Waals surface area contributed by atoms with E-state index in [1.165, 1.54) is 6.07 Å². The van der Waals surface area contributed by atoms with E-state index in [9.17, 15) is 20.0 Å². The molecule has 0 aromatic heterocycles. The highest BCUT2D eigenvalue weighted by atomic mass is 16.4. The number of carboxylic acid groups (broad SMARTS) is 1. The van der Waals surface area contributed by atoms with Crippen molar-refractivity contribution in [3.05, 3.63) is 34.9 Å². The van der Waals surface area contributed by atoms with Gasteiger partial charge in [0.2, 0.25) is 0 Å². The van der Waals surface area contributed by atoms with Gasteiger partial charge in [0, 0.05) is 5.56 Å². The number of benzene rings is 1. The fourth-order valence-electron chi connectivity index (χ4n) is 2.42. The van der Waals surface area contributed by atoms with Crippen LogP contribution in [-0.4, -0.2) is 33.3 Å². The Morgan fingerprint density at radius 2 is 2.09 bits per heavy atom. The van der Waals surface area contributed by atoms with Gasteiger partial charge in [-0.3, -0.25) is 4.79 Å². The third-order valence-corrected chi connectivity index (χ3v) is 4.14. The second-order valence-corrected chi connectivity index (χ2v) is 5.78. The van der Waals surface area contributed by atoms with E-state index in [0.717, 1.165) is 4.90 Å². The summed E-state index contributed by atoms with van der Waals surface area (Å²) in [7, 11) is 0. The minimum absolute atomic E-state index is 0.0276. The molecule has 0 fully saturated rings. The molecule has 1 N–H and O–H groups in total. The number of carbonyl (C=O) groups excluding carboxylic acids is 1. The average molecular weight is 299 g/mol. The molecule has 114 valence electrons. The van der Waals surface area contributed by atoms with Crippen molar-refractivity contribution in [2.75, 3.05) is 0 Å². The zero-order valence-electron chi connectivity index (χ0n) is 12.9. The topological polar surface area (TPSA) is 93.8 Å². The summed E-state index contributed by atoms with van der Waals surface area (Å²) in [6.07, 6.45) is 1.83. The second-order valence-electron chi connectivity index (χ2n) is 5.78. The lowest BCUT2D eigenvalue weighted by Gasteiger charge is -2.22. The van der Waals surface area contributed by atoms with E-state index in [2.05, 4.69) is 4.99 Å². The standard InChI is InChI=1S/C16H17N3O3/c1-9(2)16(4)15(22)19(8-17)13(18-16)12-10(3)6-5-7-11(12)14(20)21/h5-7,9H,1-4H3,(H,20,21). The number of hydrogen-bond donors (Lipinski definition) is 1. The van der Waals surface area contributed by atoms with Crippen molar-refractivity contribution in [2.24, 2.45) is 10.9 Å². The lowest BCUT2D eigenvalue weighted by atomic mass is 9.89. The van der Waals surface area contributed by atoms with Gasteiger partial charge in [-0.15, -0.1) is 0 Å². The molecule has 1 aliphatic rings. The molecule has 1 atom stereocenters. The van der Waals surface area contributed by atoms with Crippen LogP contribution in [0.3, 0.4) is 0 Å². The van der Waals surface area contributed by atoms with Crippen LogP contribution >= 0.6 is 0 Å². The van der Waals surface area contributed by atoms with Gasteiger partial charge in [-0.1, -0.05) is 26.0 Å². The summed E-state index contributed by atoms with van der Waals surface area (Å²) in [6.45, 7) is 7.08. The van der Waals surface area contributed by atoms with E-state index in [4.69, 9.17) is 0 Å². The minimum atomic E-state index is -1.12. The highest BCUT2D eigenvalue weighted by molar-refractivity contribution is 6.19. The Morgan fingerprint density at radius 3 is 2.59 bits per heavy atom. The summed E-state index contributed by atoms with van der Waals surface area (Å²) in [5, 5.41) is 18.7. The monoisotopic (exact) mass is 299 g/mol. The van der Waals surface area contributed by atoms with Crippen molar-refractivity contribution in [1.29, 1.82) is 5.26 Å². The minimum Gasteiger partial charge on any atom is -0.478 e. The molecule has 22 heavy (non-hydrogen) atoms. The fraction of sp³-hybridized carbons (Fsp3) is 0.375. The van der Waals surface area contributed by atoms with E-state index in [0.29, 0.717) is 11.1 Å². The first-order valence-electron chi connectivity index (χ1n) is 6.91. The van der Waals surface area contributed by atoms with Crippen molar-refractivity contribution in [3.8, 4) is 6.19 Å². The summed E-state index contributed by atoms with van der Waals surface area (Å²) in [4.78, 5) is 29.3. The summed E-state index contributed by atoms with van der Waals surface area (Å²) in [6, 6.07) is 4.80. The quantitative estimate of drug-likeness (QED) is 0.865. The molecule has 1 amide bonds. The Hall–Kier alpha value is -2.68. The largest absolute Gasteiger partial charge is 0.478 e. The van der Waals surface area contributed by atoms with E-state index < -0.39 is 17.4 Å². The van der Waals surface area contributed by atoms with E-state index >= 15 is 0 Å². The molecule has 1 unspecified atom stereocenters. The van der Waals surface area contributed by atoms with Gasteiger partial charge in [0.05, 0.1) is 5.56 Å². The lowest BCUT2D eigenvalue weighted by Crippen LogP contribution is -2.42. The van der Waals surface area contributed by atoms with Crippen LogP contribution in [0.4, 0.5) is 0 Å². The molecule has 0 saturated carbocycles. The average Bonchev–Trinajstić information content (AvgIpc) is 2.71. The summed E-state index contributed by atoms with van der Waals surface area (Å²) < 4.78 is 0. The first-order valence-corrected chi connectivity index (χ1v) is 6.91. The molecule has 1 aromatic carbocycles. The van der Waals surface area contributed by atoms with Gasteiger partial charge in [-0.05, 0) is 31.4 Å². The number of amides is 1. The van der Waals surface area contributed by atoms with Gasteiger partial charge < -0.3 is 5.11 Å². The second kappa shape index (κ2) is 5.26. The van der Waals surface area contributed by atoms with Gasteiger partial charge >= 0.3 is 5.97 Å². The molecule has 6 nitrogen and oxygen atoms in total. The van der Waals surface area contributed by atoms with Crippen LogP contribution in [0, 0.1) is 24.3 Å². The van der Waals surface area contributed by atoms with Crippen molar-refractivity contribution >= 4 is 17.7 Å². The number of aliphatic imine (C=N–C) groups is 1. The maximum Gasteiger partial charge on any atom is 0.336 e. The Morgan fingerprint density at radius 1 is 1.45 bits per heavy atom. The summed E-state index contributed by atoms with van der Waals surface area (Å²) in [5.41, 5.74) is -0.0721. The SMILES string of the molecule is Cc1cccc(C(=O)O)c1C1=NC(C)(C(C)C)C(=O)N1C#N. The van der Waals surface area contributed by atoms with Crippen LogP contribution in [0.25, 0.3) is 0 Å². The number of carbonyl (C=O) groups is 2. The molecule has 0 bridgehead atoms. The van der Waals surface area contributed by atoms with Crippen LogP contribution in [0.5, 0.6) is 0 Å². The van der Waals surface area contributed by atoms with Gasteiger partial charge in [0.25, 0.3) is 5.91 Å². The van der Waals surface area contributed by atoms with Crippen LogP contribution in [0.2, 0.25) is 0 Å². The van der Waals surface area contributed by atoms with Gasteiger partial charge in [-0.25, -0.2) is 9.79 Å². The smallest absolute Gasteiger partial charge is 0.336 e. The third-order valence-electron chi connectivity index (χ3n) is 4.14. The third kappa shape index (κ3) is 2.15. The molecule has 0 saturated heterocycles. The predicted octanol–water partition coefficient (Wildman–Crippen LogP) is 2.18. The van der Waals surface area contributed by atoms with Crippen molar-refractivity contribution in [1.82, 2.24) is 4.90 Å². The van der Waals surface area contributed by atoms with Gasteiger partial charge in [0.15, 0.2) is 12.0 Å². The Kier molecular flexibility index (Phi) is 3.76. The zero-order chi connectivity index (χ0) is 16.7. The summed E-state index contributed by atoms with van der Waals surface area (Å²) >= 11 is 0. The highest BCUT2D eigenvalue weighted by Crippen LogP contribution is 2.33. The van der Waals surface area contributed by atoms with Crippen molar-refractivity contribution in [2.45, 2.75) is 33.2 Å². The van der Waals surface area contributed by atoms with E-state index in [-0.39, 0.29) is 17.3 Å². The zero-order valence-corrected chi connectivity index (χ0v) is 12.9. The number of carboxylic acids is 1. The Balaban J connectivity index is 2.74. The molecule has 1 aliphatic heterocycles. The number of aryl methyl sites for hydroxylation is 1. The van der Waals surface area contributed by atoms with E-state index in [1.807, 2.05) is 20.0 Å². The number of amidine groups is 1. The molecule has 1 heterocycles. The van der Waals surface area contributed by atoms with Crippen LogP contribution in [-0.2, 0) is 4.79 Å². The molecular formula is C16H17N3O3. The number of hydrogen-bond acceptors (Lipinski definition) is 4. The molecule has 2 rings (SSSR count). The maximum atomic E-state index is 12.5. The van der Waals surface area contributed by atoms with Crippen LogP contribution in [0.15, 0.2) is 23.2 Å². The molecule has 0 aliphatic carbocycles. The highest BCUT2D eigenvalue weighted by Gasteiger charge is 2.48. The first kappa shape index (κ1) is 15.7. The number of nitrogens with zero attached hydrogens (tertiary/aromatic N) is 3. The molecule has 6 heteroatoms.